The lowest BCUT2D eigenvalue weighted by atomic mass is 9.91. The summed E-state index contributed by atoms with van der Waals surface area (Å²) in [6.07, 6.45) is 2.51. The van der Waals surface area contributed by atoms with Crippen molar-refractivity contribution < 1.29 is 8.78 Å². The van der Waals surface area contributed by atoms with Crippen molar-refractivity contribution in [2.45, 2.75) is 31.9 Å². The zero-order valence-corrected chi connectivity index (χ0v) is 9.96. The van der Waals surface area contributed by atoms with Crippen molar-refractivity contribution in [3.05, 3.63) is 35.6 Å². The van der Waals surface area contributed by atoms with Crippen LogP contribution in [-0.4, -0.2) is 19.3 Å². The fourth-order valence-electron chi connectivity index (χ4n) is 2.42. The third kappa shape index (κ3) is 3.77. The SMILES string of the molecule is Fc1ccc(CC(F)C2CCCNCC2)cc1. The van der Waals surface area contributed by atoms with Crippen molar-refractivity contribution in [1.29, 1.82) is 0 Å². The molecule has 2 atom stereocenters. The van der Waals surface area contributed by atoms with Crippen LogP contribution in [0.3, 0.4) is 0 Å². The molecule has 0 aromatic heterocycles. The lowest BCUT2D eigenvalue weighted by Gasteiger charge is -2.18. The molecule has 2 unspecified atom stereocenters. The Balaban J connectivity index is 1.90. The third-order valence-corrected chi connectivity index (χ3v) is 3.48. The maximum atomic E-state index is 14.1. The Morgan fingerprint density at radius 1 is 1.18 bits per heavy atom. The molecule has 1 saturated heterocycles. The first-order valence-electron chi connectivity index (χ1n) is 6.35. The Morgan fingerprint density at radius 2 is 1.94 bits per heavy atom. The van der Waals surface area contributed by atoms with Gasteiger partial charge in [-0.2, -0.15) is 0 Å². The molecular weight excluding hydrogens is 220 g/mol. The molecule has 1 aliphatic heterocycles. The first kappa shape index (κ1) is 12.5. The van der Waals surface area contributed by atoms with Gasteiger partial charge in [-0.25, -0.2) is 8.78 Å². The molecule has 1 fully saturated rings. The Hall–Kier alpha value is -0.960. The second kappa shape index (κ2) is 6.10. The molecule has 1 nitrogen and oxygen atoms in total. The van der Waals surface area contributed by atoms with Crippen LogP contribution >= 0.6 is 0 Å². The van der Waals surface area contributed by atoms with E-state index < -0.39 is 6.17 Å². The van der Waals surface area contributed by atoms with Crippen LogP contribution in [0.2, 0.25) is 0 Å². The molecule has 0 aliphatic carbocycles. The van der Waals surface area contributed by atoms with Crippen LogP contribution in [0.25, 0.3) is 0 Å². The van der Waals surface area contributed by atoms with E-state index in [2.05, 4.69) is 5.32 Å². The Bertz CT molecular complexity index is 329. The van der Waals surface area contributed by atoms with Crippen LogP contribution in [0.15, 0.2) is 24.3 Å². The van der Waals surface area contributed by atoms with E-state index in [9.17, 15) is 8.78 Å². The normalized spacial score (nSPS) is 23.1. The van der Waals surface area contributed by atoms with Crippen LogP contribution in [0, 0.1) is 11.7 Å². The van der Waals surface area contributed by atoms with Gasteiger partial charge in [-0.15, -0.1) is 0 Å². The molecule has 2 rings (SSSR count). The summed E-state index contributed by atoms with van der Waals surface area (Å²) < 4.78 is 26.9. The van der Waals surface area contributed by atoms with E-state index in [1.165, 1.54) is 12.1 Å². The fourth-order valence-corrected chi connectivity index (χ4v) is 2.42. The van der Waals surface area contributed by atoms with Crippen molar-refractivity contribution in [1.82, 2.24) is 5.32 Å². The second-order valence-corrected chi connectivity index (χ2v) is 4.79. The number of benzene rings is 1. The quantitative estimate of drug-likeness (QED) is 0.854. The number of alkyl halides is 1. The molecule has 1 N–H and O–H groups in total. The molecule has 1 aromatic rings. The van der Waals surface area contributed by atoms with Crippen molar-refractivity contribution >= 4 is 0 Å². The predicted octanol–water partition coefficient (Wildman–Crippen LogP) is 3.10. The molecule has 94 valence electrons. The molecule has 3 heteroatoms. The van der Waals surface area contributed by atoms with E-state index >= 15 is 0 Å². The highest BCUT2D eigenvalue weighted by atomic mass is 19.1. The molecule has 1 aromatic carbocycles. The van der Waals surface area contributed by atoms with Crippen molar-refractivity contribution in [2.24, 2.45) is 5.92 Å². The number of hydrogen-bond acceptors (Lipinski definition) is 1. The van der Waals surface area contributed by atoms with Gasteiger partial charge in [0.15, 0.2) is 0 Å². The van der Waals surface area contributed by atoms with Crippen LogP contribution in [0.5, 0.6) is 0 Å². The number of rotatable bonds is 3. The van der Waals surface area contributed by atoms with Gasteiger partial charge < -0.3 is 5.32 Å². The minimum atomic E-state index is -0.805. The first-order valence-corrected chi connectivity index (χ1v) is 6.35. The fraction of sp³-hybridized carbons (Fsp3) is 0.571. The molecule has 0 bridgehead atoms. The second-order valence-electron chi connectivity index (χ2n) is 4.79. The molecule has 17 heavy (non-hydrogen) atoms. The summed E-state index contributed by atoms with van der Waals surface area (Å²) in [5, 5.41) is 3.29. The van der Waals surface area contributed by atoms with E-state index in [-0.39, 0.29) is 11.7 Å². The van der Waals surface area contributed by atoms with Crippen LogP contribution in [-0.2, 0) is 6.42 Å². The maximum Gasteiger partial charge on any atom is 0.123 e. The standard InChI is InChI=1S/C14H19F2N/c15-13-5-3-11(4-6-13)10-14(16)12-2-1-8-17-9-7-12/h3-6,12,14,17H,1-2,7-10H2. The Labute approximate surface area is 101 Å². The minimum absolute atomic E-state index is 0.148. The number of hydrogen-bond donors (Lipinski definition) is 1. The summed E-state index contributed by atoms with van der Waals surface area (Å²) >= 11 is 0. The van der Waals surface area contributed by atoms with E-state index in [1.807, 2.05) is 0 Å². The van der Waals surface area contributed by atoms with Gasteiger partial charge in [0.25, 0.3) is 0 Å². The van der Waals surface area contributed by atoms with Gasteiger partial charge in [0, 0.05) is 6.42 Å². The molecule has 0 saturated carbocycles. The number of halogens is 2. The van der Waals surface area contributed by atoms with Crippen molar-refractivity contribution in [2.75, 3.05) is 13.1 Å². The molecular formula is C14H19F2N. The van der Waals surface area contributed by atoms with Gasteiger partial charge in [0.1, 0.15) is 12.0 Å². The summed E-state index contributed by atoms with van der Waals surface area (Å²) in [7, 11) is 0. The highest BCUT2D eigenvalue weighted by Gasteiger charge is 2.22. The summed E-state index contributed by atoms with van der Waals surface area (Å²) in [5.41, 5.74) is 0.885. The van der Waals surface area contributed by atoms with Crippen LogP contribution in [0.1, 0.15) is 24.8 Å². The average molecular weight is 239 g/mol. The van der Waals surface area contributed by atoms with Gasteiger partial charge in [-0.05, 0) is 56.0 Å². The molecule has 0 spiro atoms. The van der Waals surface area contributed by atoms with Crippen LogP contribution in [0.4, 0.5) is 8.78 Å². The summed E-state index contributed by atoms with van der Waals surface area (Å²) in [6.45, 7) is 1.91. The van der Waals surface area contributed by atoms with Gasteiger partial charge in [0.05, 0.1) is 0 Å². The Kier molecular flexibility index (Phi) is 4.49. The smallest absolute Gasteiger partial charge is 0.123 e. The lowest BCUT2D eigenvalue weighted by molar-refractivity contribution is 0.210. The van der Waals surface area contributed by atoms with Gasteiger partial charge >= 0.3 is 0 Å². The summed E-state index contributed by atoms with van der Waals surface area (Å²) in [5.74, 6) is -0.113. The largest absolute Gasteiger partial charge is 0.317 e. The highest BCUT2D eigenvalue weighted by Crippen LogP contribution is 2.23. The zero-order valence-electron chi connectivity index (χ0n) is 9.96. The molecule has 1 heterocycles. The van der Waals surface area contributed by atoms with Gasteiger partial charge in [-0.1, -0.05) is 12.1 Å². The molecule has 0 amide bonds. The minimum Gasteiger partial charge on any atom is -0.317 e. The van der Waals surface area contributed by atoms with E-state index in [0.29, 0.717) is 6.42 Å². The van der Waals surface area contributed by atoms with E-state index in [1.54, 1.807) is 12.1 Å². The zero-order chi connectivity index (χ0) is 12.1. The molecule has 0 radical (unpaired) electrons. The Morgan fingerprint density at radius 3 is 2.71 bits per heavy atom. The third-order valence-electron chi connectivity index (χ3n) is 3.48. The van der Waals surface area contributed by atoms with E-state index in [4.69, 9.17) is 0 Å². The van der Waals surface area contributed by atoms with Crippen LogP contribution < -0.4 is 5.32 Å². The van der Waals surface area contributed by atoms with Gasteiger partial charge in [-0.3, -0.25) is 0 Å². The summed E-state index contributed by atoms with van der Waals surface area (Å²) in [4.78, 5) is 0. The van der Waals surface area contributed by atoms with Gasteiger partial charge in [0.2, 0.25) is 0 Å². The van der Waals surface area contributed by atoms with E-state index in [0.717, 1.165) is 37.9 Å². The topological polar surface area (TPSA) is 12.0 Å². The lowest BCUT2D eigenvalue weighted by Crippen LogP contribution is -2.20. The summed E-state index contributed by atoms with van der Waals surface area (Å²) in [6, 6.07) is 6.15. The van der Waals surface area contributed by atoms with Crippen molar-refractivity contribution in [3.63, 3.8) is 0 Å². The highest BCUT2D eigenvalue weighted by molar-refractivity contribution is 5.17. The number of nitrogens with one attached hydrogen (secondary N) is 1. The first-order chi connectivity index (χ1) is 8.25. The monoisotopic (exact) mass is 239 g/mol. The van der Waals surface area contributed by atoms with Crippen molar-refractivity contribution in [3.8, 4) is 0 Å². The maximum absolute atomic E-state index is 14.1. The molecule has 1 aliphatic rings. The average Bonchev–Trinajstić information content (AvgIpc) is 2.61. The predicted molar refractivity (Wildman–Crippen MR) is 65.2 cm³/mol.